The number of amides is 1. The Balaban J connectivity index is 1.61. The van der Waals surface area contributed by atoms with Crippen molar-refractivity contribution in [3.8, 4) is 17.2 Å². The largest absolute Gasteiger partial charge is 0.497 e. The van der Waals surface area contributed by atoms with Crippen molar-refractivity contribution in [2.45, 2.75) is 25.6 Å². The third-order valence-electron chi connectivity index (χ3n) is 6.51. The minimum atomic E-state index is -1.17. The van der Waals surface area contributed by atoms with Gasteiger partial charge in [0.05, 0.1) is 19.8 Å². The van der Waals surface area contributed by atoms with Crippen LogP contribution < -0.4 is 29.7 Å². The number of halogens is 1. The van der Waals surface area contributed by atoms with Crippen LogP contribution >= 0.6 is 23.8 Å². The second-order valence-corrected chi connectivity index (χ2v) is 9.52. The fraction of sp³-hybridized carbons (Fsp3) is 0.259. The number of hydrogen-bond donors (Lipinski definition) is 2. The van der Waals surface area contributed by atoms with Crippen molar-refractivity contribution in [1.82, 2.24) is 5.32 Å². The molecule has 2 aliphatic rings. The lowest BCUT2D eigenvalue weighted by atomic mass is 9.78. The Morgan fingerprint density at radius 3 is 2.56 bits per heavy atom. The molecule has 0 aromatic heterocycles. The summed E-state index contributed by atoms with van der Waals surface area (Å²) in [6.07, 6.45) is 0. The molecule has 2 aliphatic heterocycles. The molecule has 2 N–H and O–H groups in total. The van der Waals surface area contributed by atoms with E-state index in [0.717, 1.165) is 11.3 Å². The molecule has 0 aliphatic carbocycles. The maximum absolute atomic E-state index is 13.9. The van der Waals surface area contributed by atoms with Crippen LogP contribution in [-0.2, 0) is 4.79 Å². The molecule has 1 fully saturated rings. The van der Waals surface area contributed by atoms with Crippen LogP contribution in [0.1, 0.15) is 25.5 Å². The van der Waals surface area contributed by atoms with Crippen LogP contribution in [0, 0.1) is 5.92 Å². The number of carbonyl (C=O) groups excluding carboxylic acids is 1. The summed E-state index contributed by atoms with van der Waals surface area (Å²) in [5.74, 6) is 1.02. The maximum atomic E-state index is 13.9. The van der Waals surface area contributed by atoms with Crippen LogP contribution in [0.5, 0.6) is 17.2 Å². The molecular formula is C27H26ClN3O4S. The molecule has 7 nitrogen and oxygen atoms in total. The van der Waals surface area contributed by atoms with Gasteiger partial charge in [-0.25, -0.2) is 0 Å². The van der Waals surface area contributed by atoms with Crippen molar-refractivity contribution < 1.29 is 19.0 Å². The molecular weight excluding hydrogens is 498 g/mol. The van der Waals surface area contributed by atoms with E-state index >= 15 is 0 Å². The number of carbonyl (C=O) groups is 1. The monoisotopic (exact) mass is 523 g/mol. The number of benzene rings is 3. The Labute approximate surface area is 220 Å². The minimum absolute atomic E-state index is 0.214. The molecule has 1 amide bonds. The van der Waals surface area contributed by atoms with E-state index in [1.807, 2.05) is 49.1 Å². The number of nitrogens with one attached hydrogen (secondary N) is 2. The number of para-hydroxylation sites is 1. The van der Waals surface area contributed by atoms with E-state index < -0.39 is 17.7 Å². The lowest BCUT2D eigenvalue weighted by molar-refractivity contribution is -0.130. The summed E-state index contributed by atoms with van der Waals surface area (Å²) in [7, 11) is 1.60. The number of fused-ring (bicyclic) bond motifs is 4. The SMILES string of the molecule is CCOc1cccc2c1O[C@@]1(C)[C@H](C(=O)Nc3ccc(OC)cc3)[C@@H]2NC(=S)N1c1ccc(Cl)cc1. The highest BCUT2D eigenvalue weighted by atomic mass is 35.5. The molecule has 1 saturated heterocycles. The minimum Gasteiger partial charge on any atom is -0.497 e. The molecule has 186 valence electrons. The molecule has 5 rings (SSSR count). The zero-order valence-electron chi connectivity index (χ0n) is 20.1. The summed E-state index contributed by atoms with van der Waals surface area (Å²) in [5.41, 5.74) is 1.04. The van der Waals surface area contributed by atoms with Crippen LogP contribution in [0.15, 0.2) is 66.7 Å². The lowest BCUT2D eigenvalue weighted by Crippen LogP contribution is -2.72. The van der Waals surface area contributed by atoms with E-state index in [1.165, 1.54) is 0 Å². The molecule has 2 heterocycles. The van der Waals surface area contributed by atoms with Crippen molar-refractivity contribution >= 4 is 46.2 Å². The molecule has 9 heteroatoms. The van der Waals surface area contributed by atoms with Gasteiger partial charge in [-0.3, -0.25) is 9.69 Å². The fourth-order valence-corrected chi connectivity index (χ4v) is 5.45. The van der Waals surface area contributed by atoms with E-state index in [-0.39, 0.29) is 5.91 Å². The van der Waals surface area contributed by atoms with Crippen LogP contribution in [0.3, 0.4) is 0 Å². The molecule has 0 radical (unpaired) electrons. The number of nitrogens with zero attached hydrogens (tertiary/aromatic N) is 1. The average Bonchev–Trinajstić information content (AvgIpc) is 2.86. The zero-order valence-corrected chi connectivity index (χ0v) is 21.7. The fourth-order valence-electron chi connectivity index (χ4n) is 4.91. The Hall–Kier alpha value is -3.49. The van der Waals surface area contributed by atoms with Gasteiger partial charge < -0.3 is 24.8 Å². The summed E-state index contributed by atoms with van der Waals surface area (Å²) in [5, 5.41) is 7.50. The molecule has 3 aromatic rings. The number of thiocarbonyl (C=S) groups is 1. The Bertz CT molecular complexity index is 1300. The van der Waals surface area contributed by atoms with Gasteiger partial charge in [-0.15, -0.1) is 0 Å². The van der Waals surface area contributed by atoms with E-state index in [0.29, 0.717) is 39.7 Å². The Morgan fingerprint density at radius 1 is 1.17 bits per heavy atom. The van der Waals surface area contributed by atoms with Crippen molar-refractivity contribution in [3.63, 3.8) is 0 Å². The number of rotatable bonds is 6. The predicted molar refractivity (Wildman–Crippen MR) is 144 cm³/mol. The number of ether oxygens (including phenoxy) is 3. The standard InChI is InChI=1S/C27H26ClN3O4S/c1-4-34-21-7-5-6-20-23-22(25(32)29-17-10-14-19(33-3)15-11-17)27(2,35-24(20)21)31(26(36)30-23)18-12-8-16(28)9-13-18/h5-15,22-23H,4H2,1-3H3,(H,29,32)(H,30,36)/t22-,23+,27-/m0/s1. The van der Waals surface area contributed by atoms with Crippen molar-refractivity contribution in [3.05, 3.63) is 77.3 Å². The number of anilines is 2. The third-order valence-corrected chi connectivity index (χ3v) is 7.07. The van der Waals surface area contributed by atoms with E-state index in [1.54, 1.807) is 43.5 Å². The van der Waals surface area contributed by atoms with Crippen LogP contribution in [0.25, 0.3) is 0 Å². The number of methoxy groups -OCH3 is 1. The lowest BCUT2D eigenvalue weighted by Gasteiger charge is -2.56. The highest BCUT2D eigenvalue weighted by molar-refractivity contribution is 7.80. The average molecular weight is 524 g/mol. The van der Waals surface area contributed by atoms with Gasteiger partial charge >= 0.3 is 0 Å². The first-order valence-electron chi connectivity index (χ1n) is 11.6. The van der Waals surface area contributed by atoms with E-state index in [2.05, 4.69) is 10.6 Å². The second-order valence-electron chi connectivity index (χ2n) is 8.70. The van der Waals surface area contributed by atoms with E-state index in [4.69, 9.17) is 38.0 Å². The summed E-state index contributed by atoms with van der Waals surface area (Å²) in [4.78, 5) is 15.7. The predicted octanol–water partition coefficient (Wildman–Crippen LogP) is 5.55. The first kappa shape index (κ1) is 24.2. The van der Waals surface area contributed by atoms with Crippen molar-refractivity contribution in [2.24, 2.45) is 5.92 Å². The Kier molecular flexibility index (Phi) is 6.40. The van der Waals surface area contributed by atoms with Crippen molar-refractivity contribution in [2.75, 3.05) is 23.9 Å². The van der Waals surface area contributed by atoms with Crippen LogP contribution in [0.2, 0.25) is 5.02 Å². The van der Waals surface area contributed by atoms with Crippen LogP contribution in [0.4, 0.5) is 11.4 Å². The van der Waals surface area contributed by atoms with Crippen LogP contribution in [-0.4, -0.2) is 30.5 Å². The molecule has 0 unspecified atom stereocenters. The van der Waals surface area contributed by atoms with Gasteiger partial charge in [0.2, 0.25) is 5.91 Å². The van der Waals surface area contributed by atoms with Gasteiger partial charge in [-0.1, -0.05) is 23.7 Å². The van der Waals surface area contributed by atoms with Gasteiger partial charge in [0.25, 0.3) is 0 Å². The van der Waals surface area contributed by atoms with Gasteiger partial charge in [0.15, 0.2) is 22.3 Å². The molecule has 2 bridgehead atoms. The normalized spacial score (nSPS) is 22.1. The topological polar surface area (TPSA) is 72.1 Å². The van der Waals surface area contributed by atoms with Gasteiger partial charge in [-0.2, -0.15) is 0 Å². The maximum Gasteiger partial charge on any atom is 0.236 e. The number of hydrogen-bond acceptors (Lipinski definition) is 5. The Morgan fingerprint density at radius 2 is 1.89 bits per heavy atom. The quantitative estimate of drug-likeness (QED) is 0.411. The zero-order chi connectivity index (χ0) is 25.4. The molecule has 3 atom stereocenters. The van der Waals surface area contributed by atoms with Crippen molar-refractivity contribution in [1.29, 1.82) is 0 Å². The third kappa shape index (κ3) is 4.10. The van der Waals surface area contributed by atoms with Gasteiger partial charge in [0, 0.05) is 22.0 Å². The summed E-state index contributed by atoms with van der Waals surface area (Å²) >= 11 is 12.0. The summed E-state index contributed by atoms with van der Waals surface area (Å²) in [6, 6.07) is 19.7. The second kappa shape index (κ2) is 9.52. The van der Waals surface area contributed by atoms with Gasteiger partial charge in [-0.05, 0) is 80.7 Å². The molecule has 0 spiro atoms. The first-order chi connectivity index (χ1) is 17.4. The first-order valence-corrected chi connectivity index (χ1v) is 12.4. The summed E-state index contributed by atoms with van der Waals surface area (Å²) in [6.45, 7) is 4.28. The highest BCUT2D eigenvalue weighted by Crippen LogP contribution is 2.52. The molecule has 36 heavy (non-hydrogen) atoms. The smallest absolute Gasteiger partial charge is 0.236 e. The van der Waals surface area contributed by atoms with Gasteiger partial charge in [0.1, 0.15) is 11.7 Å². The highest BCUT2D eigenvalue weighted by Gasteiger charge is 2.59. The summed E-state index contributed by atoms with van der Waals surface area (Å²) < 4.78 is 17.8. The molecule has 0 saturated carbocycles. The van der Waals surface area contributed by atoms with E-state index in [9.17, 15) is 4.79 Å². The molecule has 3 aromatic carbocycles.